The number of carbonyl (C=O) groups excluding carboxylic acids is 2. The van der Waals surface area contributed by atoms with Crippen LogP contribution < -0.4 is 10.6 Å². The Bertz CT molecular complexity index is 835. The van der Waals surface area contributed by atoms with Crippen molar-refractivity contribution in [3.63, 3.8) is 0 Å². The third-order valence-corrected chi connectivity index (χ3v) is 4.62. The molecule has 0 saturated carbocycles. The molecule has 6 nitrogen and oxygen atoms in total. The molecule has 140 valence electrons. The van der Waals surface area contributed by atoms with Gasteiger partial charge >= 0.3 is 11.9 Å². The van der Waals surface area contributed by atoms with Crippen molar-refractivity contribution >= 4 is 55.2 Å². The lowest BCUT2D eigenvalue weighted by Crippen LogP contribution is -2.43. The molecule has 3 rings (SSSR count). The molecule has 1 saturated heterocycles. The minimum absolute atomic E-state index is 0.171. The molecule has 0 aromatic heterocycles. The molecule has 0 amide bonds. The van der Waals surface area contributed by atoms with Crippen molar-refractivity contribution in [3.05, 3.63) is 68.9 Å². The van der Waals surface area contributed by atoms with E-state index in [9.17, 15) is 9.59 Å². The van der Waals surface area contributed by atoms with E-state index in [2.05, 4.69) is 42.5 Å². The highest BCUT2D eigenvalue weighted by Crippen LogP contribution is 2.27. The zero-order valence-electron chi connectivity index (χ0n) is 14.5. The van der Waals surface area contributed by atoms with E-state index in [1.54, 1.807) is 24.3 Å². The zero-order chi connectivity index (χ0) is 19.6. The van der Waals surface area contributed by atoms with Crippen LogP contribution in [0.2, 0.25) is 0 Å². The van der Waals surface area contributed by atoms with Crippen LogP contribution in [0.15, 0.2) is 68.9 Å². The van der Waals surface area contributed by atoms with E-state index >= 15 is 0 Å². The van der Waals surface area contributed by atoms with Crippen LogP contribution in [0.4, 0.5) is 11.4 Å². The predicted octanol–water partition coefficient (Wildman–Crippen LogP) is 4.78. The molecule has 1 aliphatic rings. The number of esters is 2. The van der Waals surface area contributed by atoms with E-state index in [4.69, 9.17) is 9.47 Å². The van der Waals surface area contributed by atoms with Crippen LogP contribution in [0.1, 0.15) is 13.8 Å². The summed E-state index contributed by atoms with van der Waals surface area (Å²) in [5.74, 6) is -2.66. The minimum atomic E-state index is -1.31. The fourth-order valence-corrected chi connectivity index (χ4v) is 2.90. The second kappa shape index (κ2) is 7.74. The highest BCUT2D eigenvalue weighted by atomic mass is 79.9. The molecule has 0 atom stereocenters. The lowest BCUT2D eigenvalue weighted by molar-refractivity contribution is -0.222. The largest absolute Gasteiger partial charge is 0.419 e. The lowest BCUT2D eigenvalue weighted by Gasteiger charge is -2.31. The Kier molecular flexibility index (Phi) is 5.57. The van der Waals surface area contributed by atoms with Crippen LogP contribution in [0.25, 0.3) is 0 Å². The summed E-state index contributed by atoms with van der Waals surface area (Å²) < 4.78 is 12.2. The molecule has 1 fully saturated rings. The van der Waals surface area contributed by atoms with Gasteiger partial charge in [0.15, 0.2) is 5.57 Å². The molecule has 2 N–H and O–H groups in total. The Morgan fingerprint density at radius 1 is 0.778 bits per heavy atom. The van der Waals surface area contributed by atoms with Crippen LogP contribution in [-0.4, -0.2) is 17.7 Å². The molecular formula is C19H16Br2N2O4. The average molecular weight is 496 g/mol. The molecule has 1 heterocycles. The van der Waals surface area contributed by atoms with E-state index in [1.165, 1.54) is 13.8 Å². The summed E-state index contributed by atoms with van der Waals surface area (Å²) in [6.45, 7) is 3.01. The van der Waals surface area contributed by atoms with Crippen molar-refractivity contribution in [1.29, 1.82) is 0 Å². The van der Waals surface area contributed by atoms with Gasteiger partial charge in [0, 0.05) is 34.2 Å². The number of rotatable bonds is 4. The van der Waals surface area contributed by atoms with Gasteiger partial charge in [-0.05, 0) is 48.5 Å². The van der Waals surface area contributed by atoms with E-state index in [-0.39, 0.29) is 11.4 Å². The Balaban J connectivity index is 2.00. The van der Waals surface area contributed by atoms with E-state index in [1.807, 2.05) is 24.3 Å². The van der Waals surface area contributed by atoms with Crippen molar-refractivity contribution in [2.75, 3.05) is 10.6 Å². The topological polar surface area (TPSA) is 76.7 Å². The Morgan fingerprint density at radius 2 is 1.15 bits per heavy atom. The minimum Gasteiger partial charge on any atom is -0.419 e. The van der Waals surface area contributed by atoms with Crippen molar-refractivity contribution in [2.24, 2.45) is 0 Å². The Labute approximate surface area is 173 Å². The SMILES string of the molecule is CC1(C)OC(=O)C(=C(Nc2ccc(Br)cc2)Nc2ccc(Br)cc2)C(=O)O1. The van der Waals surface area contributed by atoms with E-state index in [0.29, 0.717) is 11.4 Å². The van der Waals surface area contributed by atoms with Gasteiger partial charge in [0.1, 0.15) is 5.82 Å². The number of carbonyl (C=O) groups is 2. The van der Waals surface area contributed by atoms with Gasteiger partial charge in [0.05, 0.1) is 0 Å². The summed E-state index contributed by atoms with van der Waals surface area (Å²) in [6.07, 6.45) is 0. The van der Waals surface area contributed by atoms with Gasteiger partial charge < -0.3 is 20.1 Å². The summed E-state index contributed by atoms with van der Waals surface area (Å²) in [5.41, 5.74) is 1.12. The van der Waals surface area contributed by atoms with Crippen molar-refractivity contribution < 1.29 is 19.1 Å². The number of cyclic esters (lactones) is 2. The molecule has 0 spiro atoms. The van der Waals surface area contributed by atoms with Crippen molar-refractivity contribution in [1.82, 2.24) is 0 Å². The van der Waals surface area contributed by atoms with Gasteiger partial charge in [-0.15, -0.1) is 0 Å². The summed E-state index contributed by atoms with van der Waals surface area (Å²) >= 11 is 6.74. The molecule has 2 aromatic carbocycles. The lowest BCUT2D eigenvalue weighted by atomic mass is 10.2. The maximum absolute atomic E-state index is 12.5. The summed E-state index contributed by atoms with van der Waals surface area (Å²) in [5, 5.41) is 6.12. The Hall–Kier alpha value is -2.32. The van der Waals surface area contributed by atoms with Crippen molar-refractivity contribution in [2.45, 2.75) is 19.6 Å². The number of ether oxygens (including phenoxy) is 2. The number of benzene rings is 2. The van der Waals surface area contributed by atoms with Crippen LogP contribution in [0.5, 0.6) is 0 Å². The molecule has 0 radical (unpaired) electrons. The average Bonchev–Trinajstić information content (AvgIpc) is 2.57. The zero-order valence-corrected chi connectivity index (χ0v) is 17.7. The van der Waals surface area contributed by atoms with Crippen LogP contribution in [0, 0.1) is 0 Å². The van der Waals surface area contributed by atoms with E-state index in [0.717, 1.165) is 8.95 Å². The van der Waals surface area contributed by atoms with E-state index < -0.39 is 17.7 Å². The first kappa shape index (κ1) is 19.4. The number of anilines is 2. The monoisotopic (exact) mass is 494 g/mol. The molecule has 2 aromatic rings. The van der Waals surface area contributed by atoms with Crippen LogP contribution in [0.3, 0.4) is 0 Å². The van der Waals surface area contributed by atoms with Crippen molar-refractivity contribution in [3.8, 4) is 0 Å². The molecule has 8 heteroatoms. The standard InChI is InChI=1S/C19H16Br2N2O4/c1-19(2)26-17(24)15(18(25)27-19)16(22-13-7-3-11(20)4-8-13)23-14-9-5-12(21)6-10-14/h3-10,22-23H,1-2H3. The van der Waals surface area contributed by atoms with Gasteiger partial charge in [-0.25, -0.2) is 9.59 Å². The summed E-state index contributed by atoms with van der Waals surface area (Å²) in [7, 11) is 0. The highest BCUT2D eigenvalue weighted by Gasteiger charge is 2.41. The first-order chi connectivity index (χ1) is 12.7. The maximum Gasteiger partial charge on any atom is 0.352 e. The summed E-state index contributed by atoms with van der Waals surface area (Å²) in [6, 6.07) is 14.6. The normalized spacial score (nSPS) is 15.6. The van der Waals surface area contributed by atoms with Gasteiger partial charge in [-0.3, -0.25) is 0 Å². The van der Waals surface area contributed by atoms with Gasteiger partial charge in [-0.2, -0.15) is 0 Å². The first-order valence-corrected chi connectivity index (χ1v) is 9.58. The third-order valence-electron chi connectivity index (χ3n) is 3.56. The number of halogens is 2. The summed E-state index contributed by atoms with van der Waals surface area (Å²) in [4.78, 5) is 24.9. The van der Waals surface area contributed by atoms with Gasteiger partial charge in [0.2, 0.25) is 0 Å². The number of hydrogen-bond donors (Lipinski definition) is 2. The fraction of sp³-hybridized carbons (Fsp3) is 0.158. The molecule has 0 unspecified atom stereocenters. The maximum atomic E-state index is 12.5. The third kappa shape index (κ3) is 4.90. The quantitative estimate of drug-likeness (QED) is 0.361. The second-order valence-electron chi connectivity index (χ2n) is 6.19. The van der Waals surface area contributed by atoms with Gasteiger partial charge in [0.25, 0.3) is 5.79 Å². The highest BCUT2D eigenvalue weighted by molar-refractivity contribution is 9.10. The van der Waals surface area contributed by atoms with Gasteiger partial charge in [-0.1, -0.05) is 31.9 Å². The molecular weight excluding hydrogens is 480 g/mol. The second-order valence-corrected chi connectivity index (χ2v) is 8.02. The van der Waals surface area contributed by atoms with Crippen LogP contribution in [-0.2, 0) is 19.1 Å². The molecule has 27 heavy (non-hydrogen) atoms. The van der Waals surface area contributed by atoms with Crippen LogP contribution >= 0.6 is 31.9 Å². The predicted molar refractivity (Wildman–Crippen MR) is 109 cm³/mol. The first-order valence-electron chi connectivity index (χ1n) is 8.00. The number of nitrogens with one attached hydrogen (secondary N) is 2. The Morgan fingerprint density at radius 3 is 1.52 bits per heavy atom. The fourth-order valence-electron chi connectivity index (χ4n) is 2.37. The smallest absolute Gasteiger partial charge is 0.352 e. The molecule has 0 bridgehead atoms. The molecule has 1 aliphatic heterocycles. The molecule has 0 aliphatic carbocycles. The number of hydrogen-bond acceptors (Lipinski definition) is 6.